The molecular formula is C19H26N2O. The van der Waals surface area contributed by atoms with E-state index in [9.17, 15) is 0 Å². The maximum absolute atomic E-state index is 5.86. The number of benzene rings is 2. The minimum absolute atomic E-state index is 0.116. The lowest BCUT2D eigenvalue weighted by atomic mass is 10.2. The van der Waals surface area contributed by atoms with Crippen LogP contribution in [0.4, 0.5) is 11.4 Å². The summed E-state index contributed by atoms with van der Waals surface area (Å²) in [6.45, 7) is 9.27. The van der Waals surface area contributed by atoms with Crippen molar-refractivity contribution < 1.29 is 4.74 Å². The van der Waals surface area contributed by atoms with E-state index in [1.54, 1.807) is 0 Å². The van der Waals surface area contributed by atoms with Crippen molar-refractivity contribution in [3.05, 3.63) is 54.6 Å². The number of para-hydroxylation sites is 1. The summed E-state index contributed by atoms with van der Waals surface area (Å²) in [7, 11) is 0. The molecule has 0 aliphatic rings. The van der Waals surface area contributed by atoms with Gasteiger partial charge in [-0.15, -0.1) is 0 Å². The van der Waals surface area contributed by atoms with Gasteiger partial charge in [-0.05, 0) is 57.2 Å². The molecule has 0 aromatic heterocycles. The van der Waals surface area contributed by atoms with Crippen LogP contribution < -0.4 is 15.0 Å². The molecule has 2 aromatic carbocycles. The Bertz CT molecular complexity index is 535. The van der Waals surface area contributed by atoms with Gasteiger partial charge in [0.2, 0.25) is 0 Å². The molecule has 2 rings (SSSR count). The molecule has 1 atom stereocenters. The Labute approximate surface area is 133 Å². The van der Waals surface area contributed by atoms with Gasteiger partial charge in [-0.1, -0.05) is 18.2 Å². The van der Waals surface area contributed by atoms with Gasteiger partial charge in [0.1, 0.15) is 11.9 Å². The number of nitrogens with zero attached hydrogens (tertiary/aromatic N) is 1. The van der Waals surface area contributed by atoms with Crippen molar-refractivity contribution in [1.29, 1.82) is 0 Å². The highest BCUT2D eigenvalue weighted by molar-refractivity contribution is 5.55. The number of hydrogen-bond acceptors (Lipinski definition) is 3. The predicted octanol–water partition coefficient (Wildman–Crippen LogP) is 4.41. The van der Waals surface area contributed by atoms with Crippen LogP contribution in [0, 0.1) is 0 Å². The quantitative estimate of drug-likeness (QED) is 0.781. The number of nitrogens with one attached hydrogen (secondary N) is 1. The van der Waals surface area contributed by atoms with E-state index in [1.807, 2.05) is 30.3 Å². The average Bonchev–Trinajstić information content (AvgIpc) is 2.56. The van der Waals surface area contributed by atoms with Gasteiger partial charge in [0.25, 0.3) is 0 Å². The van der Waals surface area contributed by atoms with Crippen LogP contribution in [0.2, 0.25) is 0 Å². The van der Waals surface area contributed by atoms with E-state index in [2.05, 4.69) is 55.3 Å². The molecule has 3 heteroatoms. The second kappa shape index (κ2) is 8.32. The zero-order chi connectivity index (χ0) is 15.8. The molecule has 22 heavy (non-hydrogen) atoms. The largest absolute Gasteiger partial charge is 0.489 e. The van der Waals surface area contributed by atoms with E-state index in [-0.39, 0.29) is 6.10 Å². The van der Waals surface area contributed by atoms with Crippen LogP contribution in [0.15, 0.2) is 54.6 Å². The van der Waals surface area contributed by atoms with Gasteiger partial charge in [0.05, 0.1) is 6.54 Å². The van der Waals surface area contributed by atoms with Gasteiger partial charge in [0.15, 0.2) is 0 Å². The van der Waals surface area contributed by atoms with Crippen LogP contribution in [0.3, 0.4) is 0 Å². The normalized spacial score (nSPS) is 11.8. The molecule has 1 unspecified atom stereocenters. The van der Waals surface area contributed by atoms with Crippen LogP contribution in [0.1, 0.15) is 20.8 Å². The number of rotatable bonds is 8. The Morgan fingerprint density at radius 3 is 2.18 bits per heavy atom. The molecule has 0 fully saturated rings. The molecule has 0 spiro atoms. The molecule has 118 valence electrons. The van der Waals surface area contributed by atoms with Gasteiger partial charge in [-0.25, -0.2) is 0 Å². The fourth-order valence-electron chi connectivity index (χ4n) is 2.41. The maximum Gasteiger partial charge on any atom is 0.119 e. The highest BCUT2D eigenvalue weighted by Crippen LogP contribution is 2.18. The van der Waals surface area contributed by atoms with Gasteiger partial charge in [-0.2, -0.15) is 0 Å². The zero-order valence-corrected chi connectivity index (χ0v) is 13.8. The highest BCUT2D eigenvalue weighted by Gasteiger charge is 2.05. The van der Waals surface area contributed by atoms with Crippen molar-refractivity contribution >= 4 is 11.4 Å². The monoisotopic (exact) mass is 298 g/mol. The zero-order valence-electron chi connectivity index (χ0n) is 13.8. The summed E-state index contributed by atoms with van der Waals surface area (Å²) >= 11 is 0. The summed E-state index contributed by atoms with van der Waals surface area (Å²) in [6.07, 6.45) is 0.116. The number of hydrogen-bond donors (Lipinski definition) is 1. The molecular weight excluding hydrogens is 272 g/mol. The van der Waals surface area contributed by atoms with E-state index in [0.717, 1.165) is 31.1 Å². The minimum Gasteiger partial charge on any atom is -0.489 e. The summed E-state index contributed by atoms with van der Waals surface area (Å²) in [5.41, 5.74) is 2.39. The Balaban J connectivity index is 1.83. The Kier molecular flexibility index (Phi) is 6.13. The van der Waals surface area contributed by atoms with Crippen LogP contribution in [0.25, 0.3) is 0 Å². The number of anilines is 2. The molecule has 0 saturated heterocycles. The second-order valence-corrected chi connectivity index (χ2v) is 5.34. The van der Waals surface area contributed by atoms with Crippen LogP contribution >= 0.6 is 0 Å². The predicted molar refractivity (Wildman–Crippen MR) is 95.0 cm³/mol. The topological polar surface area (TPSA) is 24.5 Å². The first-order chi connectivity index (χ1) is 10.7. The summed E-state index contributed by atoms with van der Waals surface area (Å²) in [6, 6.07) is 18.5. The Hall–Kier alpha value is -2.16. The molecule has 3 nitrogen and oxygen atoms in total. The first-order valence-corrected chi connectivity index (χ1v) is 8.03. The summed E-state index contributed by atoms with van der Waals surface area (Å²) < 4.78 is 5.86. The molecule has 0 radical (unpaired) electrons. The molecule has 0 amide bonds. The summed E-state index contributed by atoms with van der Waals surface area (Å²) in [5.74, 6) is 0.911. The molecule has 0 aliphatic carbocycles. The van der Waals surface area contributed by atoms with Gasteiger partial charge < -0.3 is 15.0 Å². The summed E-state index contributed by atoms with van der Waals surface area (Å²) in [4.78, 5) is 2.34. The van der Waals surface area contributed by atoms with Gasteiger partial charge >= 0.3 is 0 Å². The molecule has 0 aliphatic heterocycles. The Morgan fingerprint density at radius 1 is 0.955 bits per heavy atom. The lowest BCUT2D eigenvalue weighted by molar-refractivity contribution is 0.235. The lowest BCUT2D eigenvalue weighted by Crippen LogP contribution is -2.23. The smallest absolute Gasteiger partial charge is 0.119 e. The lowest BCUT2D eigenvalue weighted by Gasteiger charge is -2.21. The third-order valence-electron chi connectivity index (χ3n) is 3.67. The third kappa shape index (κ3) is 4.69. The molecule has 2 aromatic rings. The van der Waals surface area contributed by atoms with Gasteiger partial charge in [-0.3, -0.25) is 0 Å². The van der Waals surface area contributed by atoms with E-state index >= 15 is 0 Å². The Morgan fingerprint density at radius 2 is 1.59 bits per heavy atom. The standard InChI is InChI=1S/C19H26N2O/c1-4-21(5-2)18-13-11-17(12-14-18)20-15-16(3)22-19-9-7-6-8-10-19/h6-14,16,20H,4-5,15H2,1-3H3. The van der Waals surface area contributed by atoms with Crippen LogP contribution in [0.5, 0.6) is 5.75 Å². The van der Waals surface area contributed by atoms with Crippen molar-refractivity contribution in [3.63, 3.8) is 0 Å². The SMILES string of the molecule is CCN(CC)c1ccc(NCC(C)Oc2ccccc2)cc1. The summed E-state index contributed by atoms with van der Waals surface area (Å²) in [5, 5.41) is 3.42. The highest BCUT2D eigenvalue weighted by atomic mass is 16.5. The van der Waals surface area contributed by atoms with Crippen molar-refractivity contribution in [2.24, 2.45) is 0 Å². The number of ether oxygens (including phenoxy) is 1. The molecule has 1 N–H and O–H groups in total. The van der Waals surface area contributed by atoms with Crippen molar-refractivity contribution in [2.45, 2.75) is 26.9 Å². The molecule has 0 saturated carbocycles. The van der Waals surface area contributed by atoms with Crippen LogP contribution in [-0.2, 0) is 0 Å². The van der Waals surface area contributed by atoms with E-state index < -0.39 is 0 Å². The fraction of sp³-hybridized carbons (Fsp3) is 0.368. The van der Waals surface area contributed by atoms with E-state index in [0.29, 0.717) is 0 Å². The van der Waals surface area contributed by atoms with Crippen LogP contribution in [-0.4, -0.2) is 25.7 Å². The second-order valence-electron chi connectivity index (χ2n) is 5.34. The molecule has 0 bridgehead atoms. The van der Waals surface area contributed by atoms with E-state index in [1.165, 1.54) is 5.69 Å². The maximum atomic E-state index is 5.86. The fourth-order valence-corrected chi connectivity index (χ4v) is 2.41. The first kappa shape index (κ1) is 16.2. The van der Waals surface area contributed by atoms with Crippen molar-refractivity contribution in [2.75, 3.05) is 29.9 Å². The van der Waals surface area contributed by atoms with E-state index in [4.69, 9.17) is 4.74 Å². The van der Waals surface area contributed by atoms with Crippen molar-refractivity contribution in [3.8, 4) is 5.75 Å². The molecule has 0 heterocycles. The minimum atomic E-state index is 0.116. The van der Waals surface area contributed by atoms with Gasteiger partial charge in [0, 0.05) is 24.5 Å². The first-order valence-electron chi connectivity index (χ1n) is 8.03. The average molecular weight is 298 g/mol. The van der Waals surface area contributed by atoms with Crippen molar-refractivity contribution in [1.82, 2.24) is 0 Å². The third-order valence-corrected chi connectivity index (χ3v) is 3.67.